The number of ether oxygens (including phenoxy) is 1. The van der Waals surface area contributed by atoms with Crippen molar-refractivity contribution >= 4 is 0 Å². The average Bonchev–Trinajstić information content (AvgIpc) is 3.04. The molecule has 1 heterocycles. The van der Waals surface area contributed by atoms with E-state index in [4.69, 9.17) is 4.74 Å². The largest absolute Gasteiger partial charge is 0.493 e. The molecule has 116 valence electrons. The maximum atomic E-state index is 5.74. The smallest absolute Gasteiger partial charge is 0.122 e. The topological polar surface area (TPSA) is 21.3 Å². The summed E-state index contributed by atoms with van der Waals surface area (Å²) in [7, 11) is 0. The lowest BCUT2D eigenvalue weighted by molar-refractivity contribution is 0.288. The Kier molecular flexibility index (Phi) is 5.18. The lowest BCUT2D eigenvalue weighted by Crippen LogP contribution is -2.22. The highest BCUT2D eigenvalue weighted by Gasteiger charge is 2.19. The Hall–Kier alpha value is -1.02. The van der Waals surface area contributed by atoms with Gasteiger partial charge in [-0.25, -0.2) is 0 Å². The van der Waals surface area contributed by atoms with E-state index >= 15 is 0 Å². The minimum absolute atomic E-state index is 0.517. The van der Waals surface area contributed by atoms with Crippen molar-refractivity contribution in [2.75, 3.05) is 13.2 Å². The Morgan fingerprint density at radius 1 is 1.24 bits per heavy atom. The van der Waals surface area contributed by atoms with Crippen molar-refractivity contribution in [1.29, 1.82) is 0 Å². The molecule has 2 heteroatoms. The van der Waals surface area contributed by atoms with Gasteiger partial charge in [0.1, 0.15) is 5.75 Å². The van der Waals surface area contributed by atoms with E-state index in [1.807, 2.05) is 0 Å². The lowest BCUT2D eigenvalue weighted by atomic mass is 9.93. The molecule has 1 atom stereocenters. The molecule has 1 saturated carbocycles. The van der Waals surface area contributed by atoms with Gasteiger partial charge in [-0.2, -0.15) is 0 Å². The van der Waals surface area contributed by atoms with E-state index in [0.717, 1.165) is 31.2 Å². The molecule has 0 radical (unpaired) electrons. The van der Waals surface area contributed by atoms with Crippen LogP contribution in [0.15, 0.2) is 18.2 Å². The van der Waals surface area contributed by atoms with E-state index in [1.165, 1.54) is 56.1 Å². The summed E-state index contributed by atoms with van der Waals surface area (Å²) in [5.41, 5.74) is 2.86. The van der Waals surface area contributed by atoms with Gasteiger partial charge in [0.05, 0.1) is 6.61 Å². The second-order valence-electron chi connectivity index (χ2n) is 6.66. The molecule has 1 unspecified atom stereocenters. The average molecular weight is 287 g/mol. The molecule has 0 spiro atoms. The van der Waals surface area contributed by atoms with Gasteiger partial charge in [-0.3, -0.25) is 0 Å². The minimum atomic E-state index is 0.517. The Labute approximate surface area is 129 Å². The highest BCUT2D eigenvalue weighted by Crippen LogP contribution is 2.33. The first-order valence-corrected chi connectivity index (χ1v) is 8.86. The molecule has 1 aromatic carbocycles. The zero-order valence-electron chi connectivity index (χ0n) is 13.4. The molecular formula is C19H29NO. The molecule has 0 bridgehead atoms. The first-order valence-electron chi connectivity index (χ1n) is 8.86. The molecule has 1 fully saturated rings. The summed E-state index contributed by atoms with van der Waals surface area (Å²) in [4.78, 5) is 0. The highest BCUT2D eigenvalue weighted by atomic mass is 16.5. The van der Waals surface area contributed by atoms with Crippen LogP contribution in [0.4, 0.5) is 0 Å². The fourth-order valence-corrected chi connectivity index (χ4v) is 3.93. The van der Waals surface area contributed by atoms with Crippen molar-refractivity contribution in [3.8, 4) is 5.75 Å². The van der Waals surface area contributed by atoms with Crippen LogP contribution in [0.1, 0.15) is 69.0 Å². The first-order chi connectivity index (χ1) is 10.4. The van der Waals surface area contributed by atoms with Crippen molar-refractivity contribution in [1.82, 2.24) is 5.32 Å². The number of rotatable bonds is 6. The summed E-state index contributed by atoms with van der Waals surface area (Å²) in [5, 5.41) is 3.69. The zero-order valence-corrected chi connectivity index (χ0v) is 13.4. The summed E-state index contributed by atoms with van der Waals surface area (Å²) >= 11 is 0. The maximum Gasteiger partial charge on any atom is 0.122 e. The molecule has 0 amide bonds. The van der Waals surface area contributed by atoms with E-state index < -0.39 is 0 Å². The molecule has 1 aromatic rings. The summed E-state index contributed by atoms with van der Waals surface area (Å²) < 4.78 is 5.74. The minimum Gasteiger partial charge on any atom is -0.493 e. The number of fused-ring (bicyclic) bond motifs is 1. The van der Waals surface area contributed by atoms with Gasteiger partial charge in [-0.1, -0.05) is 44.7 Å². The van der Waals surface area contributed by atoms with Crippen LogP contribution < -0.4 is 10.1 Å². The monoisotopic (exact) mass is 287 g/mol. The van der Waals surface area contributed by atoms with E-state index in [9.17, 15) is 0 Å². The summed E-state index contributed by atoms with van der Waals surface area (Å²) in [6.07, 6.45) is 10.8. The molecule has 2 aliphatic rings. The predicted molar refractivity (Wildman–Crippen MR) is 87.9 cm³/mol. The van der Waals surface area contributed by atoms with Gasteiger partial charge in [0.25, 0.3) is 0 Å². The fraction of sp³-hybridized carbons (Fsp3) is 0.684. The summed E-state index contributed by atoms with van der Waals surface area (Å²) in [6.45, 7) is 4.14. The number of nitrogens with one attached hydrogen (secondary N) is 1. The Morgan fingerprint density at radius 3 is 2.90 bits per heavy atom. The summed E-state index contributed by atoms with van der Waals surface area (Å²) in [6, 6.07) is 7.36. The maximum absolute atomic E-state index is 5.74. The standard InChI is InChI=1S/C19H29NO/c1-2-20-18(11-9-15-6-3-4-7-15)16-10-12-19-17(14-16)8-5-13-21-19/h10,12,14-15,18,20H,2-9,11,13H2,1H3. The van der Waals surface area contributed by atoms with Crippen molar-refractivity contribution in [3.05, 3.63) is 29.3 Å². The van der Waals surface area contributed by atoms with Gasteiger partial charge >= 0.3 is 0 Å². The molecule has 2 nitrogen and oxygen atoms in total. The van der Waals surface area contributed by atoms with Gasteiger partial charge in [0.2, 0.25) is 0 Å². The van der Waals surface area contributed by atoms with Gasteiger partial charge in [-0.05, 0) is 55.3 Å². The summed E-state index contributed by atoms with van der Waals surface area (Å²) in [5.74, 6) is 2.09. The van der Waals surface area contributed by atoms with Gasteiger partial charge in [0, 0.05) is 6.04 Å². The molecule has 0 aromatic heterocycles. The third-order valence-electron chi connectivity index (χ3n) is 5.12. The normalized spacial score (nSPS) is 20.0. The zero-order chi connectivity index (χ0) is 14.5. The molecular weight excluding hydrogens is 258 g/mol. The first kappa shape index (κ1) is 14.9. The second-order valence-corrected chi connectivity index (χ2v) is 6.66. The Bertz CT molecular complexity index is 451. The number of benzene rings is 1. The van der Waals surface area contributed by atoms with Crippen LogP contribution in [0.5, 0.6) is 5.75 Å². The predicted octanol–water partition coefficient (Wildman–Crippen LogP) is 4.63. The van der Waals surface area contributed by atoms with E-state index in [1.54, 1.807) is 0 Å². The second kappa shape index (κ2) is 7.31. The molecule has 3 rings (SSSR count). The Balaban J connectivity index is 1.67. The third kappa shape index (κ3) is 3.79. The molecule has 21 heavy (non-hydrogen) atoms. The van der Waals surface area contributed by atoms with Crippen LogP contribution >= 0.6 is 0 Å². The van der Waals surface area contributed by atoms with Crippen LogP contribution in [0.25, 0.3) is 0 Å². The fourth-order valence-electron chi connectivity index (χ4n) is 3.93. The number of aryl methyl sites for hydroxylation is 1. The van der Waals surface area contributed by atoms with Gasteiger partial charge in [-0.15, -0.1) is 0 Å². The lowest BCUT2D eigenvalue weighted by Gasteiger charge is -2.23. The third-order valence-corrected chi connectivity index (χ3v) is 5.12. The van der Waals surface area contributed by atoms with Crippen LogP contribution in [0, 0.1) is 5.92 Å². The molecule has 1 N–H and O–H groups in total. The number of hydrogen-bond donors (Lipinski definition) is 1. The quantitative estimate of drug-likeness (QED) is 0.823. The van der Waals surface area contributed by atoms with Crippen molar-refractivity contribution in [2.45, 2.75) is 64.3 Å². The van der Waals surface area contributed by atoms with Gasteiger partial charge in [0.15, 0.2) is 0 Å². The van der Waals surface area contributed by atoms with Crippen LogP contribution in [0.3, 0.4) is 0 Å². The van der Waals surface area contributed by atoms with Crippen molar-refractivity contribution in [2.24, 2.45) is 5.92 Å². The van der Waals surface area contributed by atoms with E-state index in [2.05, 4.69) is 30.4 Å². The van der Waals surface area contributed by atoms with Crippen molar-refractivity contribution in [3.63, 3.8) is 0 Å². The molecule has 0 saturated heterocycles. The van der Waals surface area contributed by atoms with Crippen molar-refractivity contribution < 1.29 is 4.74 Å². The van der Waals surface area contributed by atoms with E-state index in [0.29, 0.717) is 6.04 Å². The Morgan fingerprint density at radius 2 is 2.10 bits per heavy atom. The van der Waals surface area contributed by atoms with Gasteiger partial charge < -0.3 is 10.1 Å². The van der Waals surface area contributed by atoms with Crippen LogP contribution in [-0.2, 0) is 6.42 Å². The highest BCUT2D eigenvalue weighted by molar-refractivity contribution is 5.39. The number of hydrogen-bond acceptors (Lipinski definition) is 2. The SMILES string of the molecule is CCNC(CCC1CCCC1)c1ccc2c(c1)CCCO2. The molecule has 1 aliphatic heterocycles. The van der Waals surface area contributed by atoms with E-state index in [-0.39, 0.29) is 0 Å². The van der Waals surface area contributed by atoms with Crippen LogP contribution in [0.2, 0.25) is 0 Å². The molecule has 1 aliphatic carbocycles. The van der Waals surface area contributed by atoms with Crippen LogP contribution in [-0.4, -0.2) is 13.2 Å².